The highest BCUT2D eigenvalue weighted by atomic mass is 35.5. The molecule has 0 bridgehead atoms. The second kappa shape index (κ2) is 9.84. The molecule has 1 aliphatic carbocycles. The van der Waals surface area contributed by atoms with Crippen molar-refractivity contribution in [1.82, 2.24) is 19.7 Å². The summed E-state index contributed by atoms with van der Waals surface area (Å²) < 4.78 is 23.0. The zero-order chi connectivity index (χ0) is 26.4. The molecule has 1 saturated carbocycles. The average Bonchev–Trinajstić information content (AvgIpc) is 3.16. The molecule has 0 aliphatic heterocycles. The molecule has 9 nitrogen and oxygen atoms in total. The number of aromatic nitrogens is 3. The fourth-order valence-corrected chi connectivity index (χ4v) is 4.92. The quantitative estimate of drug-likeness (QED) is 0.391. The normalized spacial score (nSPS) is 19.9. The first-order chi connectivity index (χ1) is 16.9. The number of nitrogens with one attached hydrogen (secondary N) is 1. The van der Waals surface area contributed by atoms with E-state index in [1.54, 1.807) is 31.4 Å². The molecule has 3 aromatic rings. The molecular formula is C25H31ClFN5O4. The highest BCUT2D eigenvalue weighted by Gasteiger charge is 2.39. The summed E-state index contributed by atoms with van der Waals surface area (Å²) in [7, 11) is 0. The fourth-order valence-electron chi connectivity index (χ4n) is 4.71. The number of ether oxygens (including phenoxy) is 1. The summed E-state index contributed by atoms with van der Waals surface area (Å²) in [6.07, 6.45) is 4.45. The van der Waals surface area contributed by atoms with Gasteiger partial charge in [0, 0.05) is 24.0 Å². The van der Waals surface area contributed by atoms with Crippen LogP contribution in [0.5, 0.6) is 5.75 Å². The number of hydrogen-bond donors (Lipinski definition) is 4. The molecule has 5 N–H and O–H groups in total. The van der Waals surface area contributed by atoms with E-state index < -0.39 is 35.1 Å². The van der Waals surface area contributed by atoms with Gasteiger partial charge >= 0.3 is 0 Å². The van der Waals surface area contributed by atoms with Crippen molar-refractivity contribution >= 4 is 28.8 Å². The predicted octanol–water partition coefficient (Wildman–Crippen LogP) is 3.49. The van der Waals surface area contributed by atoms with Crippen LogP contribution in [0.15, 0.2) is 18.5 Å². The highest BCUT2D eigenvalue weighted by molar-refractivity contribution is 6.31. The van der Waals surface area contributed by atoms with Crippen LogP contribution in [0.25, 0.3) is 5.52 Å². The van der Waals surface area contributed by atoms with Gasteiger partial charge in [-0.15, -0.1) is 0 Å². The number of carbonyl (C=O) groups is 1. The van der Waals surface area contributed by atoms with E-state index in [-0.39, 0.29) is 34.0 Å². The Morgan fingerprint density at radius 3 is 2.67 bits per heavy atom. The number of aliphatic hydroxyl groups is 2. The van der Waals surface area contributed by atoms with Gasteiger partial charge in [0.2, 0.25) is 0 Å². The summed E-state index contributed by atoms with van der Waals surface area (Å²) in [4.78, 5) is 22.0. The molecule has 1 fully saturated rings. The Bertz CT molecular complexity index is 1300. The number of rotatable bonds is 6. The second-order valence-electron chi connectivity index (χ2n) is 9.69. The number of nitrogen functional groups attached to an aromatic ring is 1. The van der Waals surface area contributed by atoms with Crippen LogP contribution < -0.4 is 15.8 Å². The zero-order valence-electron chi connectivity index (χ0n) is 20.7. The van der Waals surface area contributed by atoms with E-state index in [9.17, 15) is 15.0 Å². The number of amides is 1. The van der Waals surface area contributed by atoms with E-state index in [0.29, 0.717) is 36.9 Å². The van der Waals surface area contributed by atoms with Gasteiger partial charge in [-0.2, -0.15) is 0 Å². The van der Waals surface area contributed by atoms with Crippen LogP contribution in [-0.2, 0) is 5.60 Å². The van der Waals surface area contributed by atoms with Gasteiger partial charge in [0.15, 0.2) is 5.82 Å². The van der Waals surface area contributed by atoms with E-state index in [1.165, 1.54) is 19.2 Å². The molecule has 2 heterocycles. The fraction of sp³-hybridized carbons (Fsp3) is 0.480. The first-order valence-electron chi connectivity index (χ1n) is 11.9. The van der Waals surface area contributed by atoms with E-state index in [2.05, 4.69) is 15.3 Å². The smallest absolute Gasteiger partial charge is 0.258 e. The lowest BCUT2D eigenvalue weighted by molar-refractivity contribution is 0.0820. The standard InChI is InChI=1S/C25H31ClFN5O4/c1-12(2)36-21-16(25(4,35)24-30-13(3)20-22(28)29-9-10-32(20)24)11-17(26)19(27)18(21)23(34)31-14-5-7-15(33)8-6-14/h9-12,14-15,33,35H,5-8H2,1-4H3,(H2,28,29)(H,31,34)/t14?,15?,25-/m0/s1. The summed E-state index contributed by atoms with van der Waals surface area (Å²) >= 11 is 6.26. The molecule has 0 radical (unpaired) electrons. The number of benzene rings is 1. The Kier molecular flexibility index (Phi) is 7.14. The van der Waals surface area contributed by atoms with E-state index in [1.807, 2.05) is 0 Å². The van der Waals surface area contributed by atoms with Crippen molar-refractivity contribution in [3.63, 3.8) is 0 Å². The average molecular weight is 520 g/mol. The molecule has 0 saturated heterocycles. The summed E-state index contributed by atoms with van der Waals surface area (Å²) in [5.74, 6) is -1.37. The minimum atomic E-state index is -1.86. The number of aliphatic hydroxyl groups excluding tert-OH is 1. The van der Waals surface area contributed by atoms with Crippen molar-refractivity contribution in [2.75, 3.05) is 5.73 Å². The third-order valence-corrected chi connectivity index (χ3v) is 6.78. The molecule has 2 aromatic heterocycles. The predicted molar refractivity (Wildman–Crippen MR) is 134 cm³/mol. The zero-order valence-corrected chi connectivity index (χ0v) is 21.4. The lowest BCUT2D eigenvalue weighted by Gasteiger charge is -2.29. The van der Waals surface area contributed by atoms with Crippen molar-refractivity contribution in [3.8, 4) is 5.75 Å². The van der Waals surface area contributed by atoms with Crippen molar-refractivity contribution < 1.29 is 24.1 Å². The number of aryl methyl sites for hydroxylation is 1. The highest BCUT2D eigenvalue weighted by Crippen LogP contribution is 2.42. The SMILES string of the molecule is Cc1nc([C@@](C)(O)c2cc(Cl)c(F)c(C(=O)NC3CCC(O)CC3)c2OC(C)C)n2ccnc(N)c12. The number of carbonyl (C=O) groups excluding carboxylic acids is 1. The summed E-state index contributed by atoms with van der Waals surface area (Å²) in [6, 6.07) is 1.02. The maximum atomic E-state index is 15.4. The maximum Gasteiger partial charge on any atom is 0.258 e. The third-order valence-electron chi connectivity index (χ3n) is 6.50. The molecule has 11 heteroatoms. The van der Waals surface area contributed by atoms with E-state index in [4.69, 9.17) is 22.1 Å². The molecule has 0 unspecified atom stereocenters. The summed E-state index contributed by atoms with van der Waals surface area (Å²) in [5.41, 5.74) is 4.91. The van der Waals surface area contributed by atoms with Gasteiger partial charge < -0.3 is 26.0 Å². The van der Waals surface area contributed by atoms with Crippen molar-refractivity contribution in [2.45, 2.75) is 77.2 Å². The monoisotopic (exact) mass is 519 g/mol. The largest absolute Gasteiger partial charge is 0.490 e. The van der Waals surface area contributed by atoms with Gasteiger partial charge in [0.1, 0.15) is 34.1 Å². The van der Waals surface area contributed by atoms with Crippen molar-refractivity contribution in [2.24, 2.45) is 0 Å². The summed E-state index contributed by atoms with van der Waals surface area (Å²) in [6.45, 7) is 6.67. The first-order valence-corrected chi connectivity index (χ1v) is 12.3. The van der Waals surface area contributed by atoms with Gasteiger partial charge in [-0.1, -0.05) is 11.6 Å². The molecule has 0 spiro atoms. The van der Waals surface area contributed by atoms with Crippen LogP contribution in [0.2, 0.25) is 5.02 Å². The van der Waals surface area contributed by atoms with Crippen LogP contribution in [0, 0.1) is 12.7 Å². The van der Waals surface area contributed by atoms with Gasteiger partial charge in [0.25, 0.3) is 5.91 Å². The van der Waals surface area contributed by atoms with Gasteiger partial charge in [-0.25, -0.2) is 14.4 Å². The molecule has 4 rings (SSSR count). The third kappa shape index (κ3) is 4.72. The van der Waals surface area contributed by atoms with Crippen molar-refractivity contribution in [3.05, 3.63) is 51.9 Å². The minimum absolute atomic E-state index is 0.0779. The number of fused-ring (bicyclic) bond motifs is 1. The van der Waals surface area contributed by atoms with Gasteiger partial charge in [-0.3, -0.25) is 9.20 Å². The number of nitrogens with two attached hydrogens (primary N) is 1. The number of nitrogens with zero attached hydrogens (tertiary/aromatic N) is 3. The first kappa shape index (κ1) is 26.1. The second-order valence-corrected chi connectivity index (χ2v) is 10.1. The molecule has 1 atom stereocenters. The van der Waals surface area contributed by atoms with Crippen LogP contribution in [-0.4, -0.2) is 48.7 Å². The number of hydrogen-bond acceptors (Lipinski definition) is 7. The van der Waals surface area contributed by atoms with Crippen LogP contribution in [0.4, 0.5) is 10.2 Å². The maximum absolute atomic E-state index is 15.4. The Morgan fingerprint density at radius 1 is 1.36 bits per heavy atom. The van der Waals surface area contributed by atoms with Gasteiger partial charge in [0.05, 0.1) is 22.9 Å². The number of imidazole rings is 1. The Morgan fingerprint density at radius 2 is 2.03 bits per heavy atom. The van der Waals surface area contributed by atoms with E-state index >= 15 is 4.39 Å². The van der Waals surface area contributed by atoms with Crippen LogP contribution in [0.1, 0.15) is 73.9 Å². The lowest BCUT2D eigenvalue weighted by atomic mass is 9.90. The molecule has 194 valence electrons. The number of halogens is 2. The lowest BCUT2D eigenvalue weighted by Crippen LogP contribution is -2.39. The Hall–Kier alpha value is -2.95. The van der Waals surface area contributed by atoms with Crippen LogP contribution in [0.3, 0.4) is 0 Å². The van der Waals surface area contributed by atoms with Crippen LogP contribution >= 0.6 is 11.6 Å². The molecular weight excluding hydrogens is 489 g/mol. The Balaban J connectivity index is 1.87. The van der Waals surface area contributed by atoms with E-state index in [0.717, 1.165) is 0 Å². The molecule has 1 aliphatic rings. The minimum Gasteiger partial charge on any atom is -0.490 e. The molecule has 1 aromatic carbocycles. The molecule has 36 heavy (non-hydrogen) atoms. The number of anilines is 1. The van der Waals surface area contributed by atoms with Gasteiger partial charge in [-0.05, 0) is 59.4 Å². The molecule has 1 amide bonds. The summed E-state index contributed by atoms with van der Waals surface area (Å²) in [5, 5.41) is 24.1. The topological polar surface area (TPSA) is 135 Å². The Labute approximate surface area is 213 Å². The van der Waals surface area contributed by atoms with Crippen molar-refractivity contribution in [1.29, 1.82) is 0 Å².